The van der Waals surface area contributed by atoms with Crippen LogP contribution in [0.4, 0.5) is 5.69 Å². The summed E-state index contributed by atoms with van der Waals surface area (Å²) in [4.78, 5) is 21.6. The van der Waals surface area contributed by atoms with Gasteiger partial charge in [-0.3, -0.25) is 14.9 Å². The van der Waals surface area contributed by atoms with Crippen LogP contribution in [0, 0.1) is 10.1 Å². The lowest BCUT2D eigenvalue weighted by atomic mass is 10.1. The van der Waals surface area contributed by atoms with Gasteiger partial charge in [0.25, 0.3) is 5.69 Å². The summed E-state index contributed by atoms with van der Waals surface area (Å²) in [5.74, 6) is -1.29. The van der Waals surface area contributed by atoms with Crippen LogP contribution in [0.25, 0.3) is 0 Å². The van der Waals surface area contributed by atoms with E-state index in [1.165, 1.54) is 18.2 Å². The molecule has 0 bridgehead atoms. The summed E-state index contributed by atoms with van der Waals surface area (Å²) >= 11 is 0. The van der Waals surface area contributed by atoms with Crippen molar-refractivity contribution in [3.8, 4) is 0 Å². The molecule has 0 saturated carbocycles. The van der Waals surface area contributed by atoms with Crippen LogP contribution in [0.2, 0.25) is 0 Å². The van der Waals surface area contributed by atoms with E-state index in [2.05, 4.69) is 0 Å². The maximum Gasteiger partial charge on any atom is 0.270 e. The minimum absolute atomic E-state index is 0.0453. The molecule has 1 aromatic carbocycles. The first-order valence-corrected chi connectivity index (χ1v) is 7.16. The molecule has 0 aliphatic heterocycles. The first-order chi connectivity index (χ1) is 8.35. The average Bonchev–Trinajstić information content (AvgIpc) is 2.28. The molecule has 0 heterocycles. The Kier molecular flexibility index (Phi) is 4.55. The van der Waals surface area contributed by atoms with Crippen LogP contribution in [-0.2, 0) is 9.84 Å². The summed E-state index contributed by atoms with van der Waals surface area (Å²) in [6, 6.07) is 5.07. The summed E-state index contributed by atoms with van der Waals surface area (Å²) in [6.07, 6.45) is 0.435. The fourth-order valence-corrected chi connectivity index (χ4v) is 2.79. The van der Waals surface area contributed by atoms with E-state index in [-0.39, 0.29) is 17.0 Å². The number of carbonyl (C=O) groups is 1. The van der Waals surface area contributed by atoms with E-state index in [0.717, 1.165) is 6.07 Å². The van der Waals surface area contributed by atoms with Crippen LogP contribution in [0.15, 0.2) is 24.3 Å². The predicted octanol–water partition coefficient (Wildman–Crippen LogP) is 1.60. The van der Waals surface area contributed by atoms with Gasteiger partial charge in [0, 0.05) is 17.7 Å². The number of hydrogen-bond donors (Lipinski definition) is 0. The number of carbonyl (C=O) groups excluding carboxylic acids is 1. The number of sulfone groups is 1. The Bertz CT molecular complexity index is 565. The van der Waals surface area contributed by atoms with Gasteiger partial charge in [0.1, 0.15) is 5.75 Å². The van der Waals surface area contributed by atoms with Gasteiger partial charge in [0.05, 0.1) is 10.7 Å². The zero-order valence-electron chi connectivity index (χ0n) is 9.83. The molecule has 6 nitrogen and oxygen atoms in total. The highest BCUT2D eigenvalue weighted by Crippen LogP contribution is 2.14. The molecule has 0 radical (unpaired) electrons. The molecule has 0 amide bonds. The van der Waals surface area contributed by atoms with Gasteiger partial charge < -0.3 is 0 Å². The lowest BCUT2D eigenvalue weighted by molar-refractivity contribution is -0.384. The normalized spacial score (nSPS) is 11.2. The molecule has 1 aromatic rings. The fourth-order valence-electron chi connectivity index (χ4n) is 1.46. The van der Waals surface area contributed by atoms with Crippen LogP contribution in [-0.4, -0.2) is 30.6 Å². The maximum absolute atomic E-state index is 11.7. The Morgan fingerprint density at radius 1 is 1.39 bits per heavy atom. The second-order valence-electron chi connectivity index (χ2n) is 3.82. The van der Waals surface area contributed by atoms with E-state index in [1.807, 2.05) is 0 Å². The zero-order chi connectivity index (χ0) is 13.8. The van der Waals surface area contributed by atoms with Crippen molar-refractivity contribution in [1.82, 2.24) is 0 Å². The van der Waals surface area contributed by atoms with Crippen molar-refractivity contribution in [1.29, 1.82) is 0 Å². The Morgan fingerprint density at radius 2 is 2.06 bits per heavy atom. The molecule has 0 aliphatic carbocycles. The zero-order valence-corrected chi connectivity index (χ0v) is 10.6. The van der Waals surface area contributed by atoms with Crippen molar-refractivity contribution in [2.75, 3.05) is 11.5 Å². The van der Waals surface area contributed by atoms with Crippen LogP contribution in [0.5, 0.6) is 0 Å². The van der Waals surface area contributed by atoms with Crippen molar-refractivity contribution < 1.29 is 18.1 Å². The van der Waals surface area contributed by atoms with Gasteiger partial charge >= 0.3 is 0 Å². The number of benzene rings is 1. The predicted molar refractivity (Wildman–Crippen MR) is 66.4 cm³/mol. The second kappa shape index (κ2) is 5.72. The highest BCUT2D eigenvalue weighted by molar-refractivity contribution is 7.92. The minimum atomic E-state index is -3.43. The Morgan fingerprint density at radius 3 is 2.61 bits per heavy atom. The van der Waals surface area contributed by atoms with E-state index in [4.69, 9.17) is 0 Å². The highest BCUT2D eigenvalue weighted by atomic mass is 32.2. The van der Waals surface area contributed by atoms with Crippen molar-refractivity contribution in [2.24, 2.45) is 0 Å². The van der Waals surface area contributed by atoms with Gasteiger partial charge in [-0.2, -0.15) is 0 Å². The summed E-state index contributed by atoms with van der Waals surface area (Å²) in [7, 11) is -3.43. The Labute approximate surface area is 105 Å². The highest BCUT2D eigenvalue weighted by Gasteiger charge is 2.18. The molecule has 0 saturated heterocycles. The molecule has 98 valence electrons. The molecule has 18 heavy (non-hydrogen) atoms. The molecule has 0 aliphatic rings. The standard InChI is InChI=1S/C11H13NO5S/c1-2-6-18(16,17)8-11(13)9-4-3-5-10(7-9)12(14)15/h3-5,7H,2,6,8H2,1H3. The number of Topliss-reactive ketones (excluding diaryl/α,β-unsaturated/α-hetero) is 1. The van der Waals surface area contributed by atoms with Crippen molar-refractivity contribution in [3.05, 3.63) is 39.9 Å². The SMILES string of the molecule is CCCS(=O)(=O)CC(=O)c1cccc([N+](=O)[O-])c1. The monoisotopic (exact) mass is 271 g/mol. The molecule has 0 spiro atoms. The molecule has 0 aromatic heterocycles. The first kappa shape index (κ1) is 14.3. The van der Waals surface area contributed by atoms with Crippen LogP contribution in [0.3, 0.4) is 0 Å². The smallest absolute Gasteiger partial charge is 0.270 e. The van der Waals surface area contributed by atoms with E-state index in [1.54, 1.807) is 6.92 Å². The number of rotatable bonds is 6. The van der Waals surface area contributed by atoms with Crippen LogP contribution in [0.1, 0.15) is 23.7 Å². The summed E-state index contributed by atoms with van der Waals surface area (Å²) in [6.45, 7) is 1.70. The minimum Gasteiger partial charge on any atom is -0.293 e. The van der Waals surface area contributed by atoms with Crippen molar-refractivity contribution in [3.63, 3.8) is 0 Å². The number of nitrogens with zero attached hydrogens (tertiary/aromatic N) is 1. The maximum atomic E-state index is 11.7. The van der Waals surface area contributed by atoms with E-state index < -0.39 is 26.3 Å². The summed E-state index contributed by atoms with van der Waals surface area (Å²) in [5.41, 5.74) is -0.183. The van der Waals surface area contributed by atoms with E-state index in [0.29, 0.717) is 6.42 Å². The van der Waals surface area contributed by atoms with Gasteiger partial charge in [-0.05, 0) is 6.42 Å². The number of ketones is 1. The summed E-state index contributed by atoms with van der Waals surface area (Å²) in [5, 5.41) is 10.5. The van der Waals surface area contributed by atoms with Gasteiger partial charge in [0.15, 0.2) is 15.6 Å². The van der Waals surface area contributed by atoms with Crippen LogP contribution >= 0.6 is 0 Å². The molecule has 0 N–H and O–H groups in total. The van der Waals surface area contributed by atoms with E-state index in [9.17, 15) is 23.3 Å². The third-order valence-corrected chi connectivity index (χ3v) is 3.98. The first-order valence-electron chi connectivity index (χ1n) is 5.34. The number of hydrogen-bond acceptors (Lipinski definition) is 5. The van der Waals surface area contributed by atoms with Crippen LogP contribution < -0.4 is 0 Å². The number of nitro groups is 1. The Balaban J connectivity index is 2.92. The molecule has 1 rings (SSSR count). The average molecular weight is 271 g/mol. The largest absolute Gasteiger partial charge is 0.293 e. The van der Waals surface area contributed by atoms with Gasteiger partial charge in [-0.1, -0.05) is 19.1 Å². The third-order valence-electron chi connectivity index (χ3n) is 2.25. The van der Waals surface area contributed by atoms with E-state index >= 15 is 0 Å². The topological polar surface area (TPSA) is 94.3 Å². The van der Waals surface area contributed by atoms with Gasteiger partial charge in [-0.25, -0.2) is 8.42 Å². The quantitative estimate of drug-likeness (QED) is 0.445. The molecule has 0 fully saturated rings. The van der Waals surface area contributed by atoms with Crippen molar-refractivity contribution >= 4 is 21.3 Å². The molecular weight excluding hydrogens is 258 g/mol. The lowest BCUT2D eigenvalue weighted by Crippen LogP contribution is -2.18. The molecule has 0 atom stereocenters. The second-order valence-corrected chi connectivity index (χ2v) is 6.01. The summed E-state index contributed by atoms with van der Waals surface area (Å²) < 4.78 is 23.0. The lowest BCUT2D eigenvalue weighted by Gasteiger charge is -2.02. The number of nitro benzene ring substituents is 1. The Hall–Kier alpha value is -1.76. The number of non-ortho nitro benzene ring substituents is 1. The van der Waals surface area contributed by atoms with Gasteiger partial charge in [0.2, 0.25) is 0 Å². The molecular formula is C11H13NO5S. The molecule has 7 heteroatoms. The van der Waals surface area contributed by atoms with Gasteiger partial charge in [-0.15, -0.1) is 0 Å². The molecule has 0 unspecified atom stereocenters. The third kappa shape index (κ3) is 3.92. The van der Waals surface area contributed by atoms with Crippen molar-refractivity contribution in [2.45, 2.75) is 13.3 Å². The fraction of sp³-hybridized carbons (Fsp3) is 0.364.